The first-order chi connectivity index (χ1) is 9.82. The lowest BCUT2D eigenvalue weighted by molar-refractivity contribution is -0.385. The van der Waals surface area contributed by atoms with Gasteiger partial charge in [-0.2, -0.15) is 5.10 Å². The van der Waals surface area contributed by atoms with Gasteiger partial charge in [0.15, 0.2) is 0 Å². The van der Waals surface area contributed by atoms with Gasteiger partial charge in [-0.25, -0.2) is 9.48 Å². The summed E-state index contributed by atoms with van der Waals surface area (Å²) in [5.74, 6) is -1.59. The molecule has 2 rings (SSSR count). The molecule has 10 heteroatoms. The van der Waals surface area contributed by atoms with E-state index in [4.69, 9.17) is 5.11 Å². The van der Waals surface area contributed by atoms with E-state index in [0.717, 1.165) is 10.9 Å². The quantitative estimate of drug-likeness (QED) is 0.667. The van der Waals surface area contributed by atoms with Crippen molar-refractivity contribution in [3.05, 3.63) is 55.9 Å². The van der Waals surface area contributed by atoms with Crippen molar-refractivity contribution in [2.45, 2.75) is 6.92 Å². The summed E-state index contributed by atoms with van der Waals surface area (Å²) in [4.78, 5) is 31.2. The smallest absolute Gasteiger partial charge is 0.363 e. The Morgan fingerprint density at radius 3 is 2.33 bits per heavy atom. The number of carbonyl (C=O) groups is 1. The molecule has 1 aromatic carbocycles. The van der Waals surface area contributed by atoms with Gasteiger partial charge in [0.1, 0.15) is 11.9 Å². The summed E-state index contributed by atoms with van der Waals surface area (Å²) in [5.41, 5.74) is -1.43. The van der Waals surface area contributed by atoms with Crippen LogP contribution in [0.15, 0.2) is 24.4 Å². The Bertz CT molecular complexity index is 735. The fourth-order valence-electron chi connectivity index (χ4n) is 1.85. The number of rotatable bonds is 4. The summed E-state index contributed by atoms with van der Waals surface area (Å²) < 4.78 is 0.842. The third-order valence-corrected chi connectivity index (χ3v) is 2.74. The minimum absolute atomic E-state index is 0.0156. The standard InChI is InChI=1S/C11H8N4O6/c1-6-3-2-4-7(14(18)19)10(6)13-5-8(15(20)21)9(12-13)11(16)17/h2-5H,1H3,(H,16,17). The number of nitro groups is 2. The van der Waals surface area contributed by atoms with Gasteiger partial charge in [0.25, 0.3) is 5.69 Å². The number of carboxylic acids is 1. The van der Waals surface area contributed by atoms with Crippen LogP contribution in [0.5, 0.6) is 0 Å². The fourth-order valence-corrected chi connectivity index (χ4v) is 1.85. The summed E-state index contributed by atoms with van der Waals surface area (Å²) in [5, 5.41) is 34.3. The van der Waals surface area contributed by atoms with Crippen LogP contribution in [0, 0.1) is 27.2 Å². The van der Waals surface area contributed by atoms with Crippen LogP contribution in [-0.2, 0) is 0 Å². The summed E-state index contributed by atoms with van der Waals surface area (Å²) in [6.07, 6.45) is 0.846. The van der Waals surface area contributed by atoms with Crippen molar-refractivity contribution in [3.8, 4) is 5.69 Å². The van der Waals surface area contributed by atoms with Crippen LogP contribution in [0.2, 0.25) is 0 Å². The Kier molecular flexibility index (Phi) is 3.36. The van der Waals surface area contributed by atoms with Crippen LogP contribution in [0.25, 0.3) is 5.69 Å². The number of hydrogen-bond donors (Lipinski definition) is 1. The van der Waals surface area contributed by atoms with Gasteiger partial charge in [-0.1, -0.05) is 12.1 Å². The second kappa shape index (κ2) is 5.00. The molecule has 0 spiro atoms. The van der Waals surface area contributed by atoms with Crippen molar-refractivity contribution in [1.29, 1.82) is 0 Å². The van der Waals surface area contributed by atoms with Crippen LogP contribution < -0.4 is 0 Å². The van der Waals surface area contributed by atoms with E-state index in [-0.39, 0.29) is 11.4 Å². The van der Waals surface area contributed by atoms with Gasteiger partial charge in [-0.05, 0) is 12.5 Å². The van der Waals surface area contributed by atoms with E-state index in [9.17, 15) is 25.0 Å². The Balaban J connectivity index is 2.74. The van der Waals surface area contributed by atoms with E-state index in [1.54, 1.807) is 13.0 Å². The van der Waals surface area contributed by atoms with Crippen molar-refractivity contribution in [2.75, 3.05) is 0 Å². The number of hydrogen-bond acceptors (Lipinski definition) is 6. The molecule has 1 N–H and O–H groups in total. The highest BCUT2D eigenvalue weighted by Gasteiger charge is 2.28. The highest BCUT2D eigenvalue weighted by Crippen LogP contribution is 2.28. The number of benzene rings is 1. The van der Waals surface area contributed by atoms with Gasteiger partial charge in [-0.15, -0.1) is 0 Å². The molecule has 0 fully saturated rings. The van der Waals surface area contributed by atoms with Crippen LogP contribution in [0.1, 0.15) is 16.1 Å². The van der Waals surface area contributed by atoms with E-state index in [0.29, 0.717) is 5.56 Å². The third-order valence-electron chi connectivity index (χ3n) is 2.74. The maximum Gasteiger partial charge on any atom is 0.363 e. The first kappa shape index (κ1) is 14.1. The third kappa shape index (κ3) is 2.41. The Morgan fingerprint density at radius 1 is 1.24 bits per heavy atom. The molecule has 1 aromatic heterocycles. The summed E-state index contributed by atoms with van der Waals surface area (Å²) in [6, 6.07) is 4.21. The largest absolute Gasteiger partial charge is 0.476 e. The Labute approximate surface area is 116 Å². The van der Waals surface area contributed by atoms with Crippen LogP contribution in [-0.4, -0.2) is 30.7 Å². The van der Waals surface area contributed by atoms with E-state index in [2.05, 4.69) is 5.10 Å². The van der Waals surface area contributed by atoms with E-state index in [1.807, 2.05) is 0 Å². The molecule has 1 heterocycles. The lowest BCUT2D eigenvalue weighted by Crippen LogP contribution is -2.05. The monoisotopic (exact) mass is 292 g/mol. The lowest BCUT2D eigenvalue weighted by Gasteiger charge is -2.05. The molecule has 0 saturated heterocycles. The van der Waals surface area contributed by atoms with Gasteiger partial charge in [-0.3, -0.25) is 20.2 Å². The number of nitro benzene ring substituents is 1. The number of para-hydroxylation sites is 1. The highest BCUT2D eigenvalue weighted by molar-refractivity contribution is 5.90. The molecule has 0 amide bonds. The molecule has 2 aromatic rings. The maximum atomic E-state index is 11.0. The number of aromatic carboxylic acids is 1. The molecule has 0 saturated carbocycles. The zero-order valence-electron chi connectivity index (χ0n) is 10.6. The zero-order valence-corrected chi connectivity index (χ0v) is 10.6. The molecule has 0 atom stereocenters. The van der Waals surface area contributed by atoms with Crippen molar-refractivity contribution in [3.63, 3.8) is 0 Å². The van der Waals surface area contributed by atoms with Gasteiger partial charge in [0.05, 0.1) is 9.85 Å². The molecule has 0 bridgehead atoms. The number of aryl methyl sites for hydroxylation is 1. The second-order valence-corrected chi connectivity index (χ2v) is 4.07. The molecular weight excluding hydrogens is 284 g/mol. The average Bonchev–Trinajstić information content (AvgIpc) is 2.83. The van der Waals surface area contributed by atoms with Crippen molar-refractivity contribution >= 4 is 17.3 Å². The molecule has 10 nitrogen and oxygen atoms in total. The first-order valence-corrected chi connectivity index (χ1v) is 5.54. The molecule has 0 aliphatic rings. The summed E-state index contributed by atoms with van der Waals surface area (Å²) >= 11 is 0. The minimum Gasteiger partial charge on any atom is -0.476 e. The number of nitrogens with zero attached hydrogens (tertiary/aromatic N) is 4. The zero-order chi connectivity index (χ0) is 15.7. The van der Waals surface area contributed by atoms with Crippen molar-refractivity contribution < 1.29 is 19.7 Å². The number of aromatic nitrogens is 2. The van der Waals surface area contributed by atoms with E-state index < -0.39 is 27.2 Å². The van der Waals surface area contributed by atoms with Crippen LogP contribution in [0.3, 0.4) is 0 Å². The van der Waals surface area contributed by atoms with Gasteiger partial charge in [0, 0.05) is 6.07 Å². The lowest BCUT2D eigenvalue weighted by atomic mass is 10.1. The van der Waals surface area contributed by atoms with Crippen LogP contribution in [0.4, 0.5) is 11.4 Å². The molecule has 0 unspecified atom stereocenters. The van der Waals surface area contributed by atoms with Gasteiger partial charge >= 0.3 is 11.7 Å². The summed E-state index contributed by atoms with van der Waals surface area (Å²) in [6.45, 7) is 1.55. The first-order valence-electron chi connectivity index (χ1n) is 5.54. The minimum atomic E-state index is -1.59. The van der Waals surface area contributed by atoms with Gasteiger partial charge < -0.3 is 5.11 Å². The average molecular weight is 292 g/mol. The predicted octanol–water partition coefficient (Wildman–Crippen LogP) is 1.70. The number of carboxylic acid groups (broad SMARTS) is 1. The molecule has 108 valence electrons. The second-order valence-electron chi connectivity index (χ2n) is 4.07. The molecule has 0 aliphatic carbocycles. The summed E-state index contributed by atoms with van der Waals surface area (Å²) in [7, 11) is 0. The maximum absolute atomic E-state index is 11.0. The molecule has 0 radical (unpaired) electrons. The van der Waals surface area contributed by atoms with Crippen molar-refractivity contribution in [1.82, 2.24) is 9.78 Å². The molecular formula is C11H8N4O6. The topological polar surface area (TPSA) is 141 Å². The van der Waals surface area contributed by atoms with E-state index >= 15 is 0 Å². The van der Waals surface area contributed by atoms with Gasteiger partial charge in [0.2, 0.25) is 5.69 Å². The van der Waals surface area contributed by atoms with Crippen molar-refractivity contribution in [2.24, 2.45) is 0 Å². The van der Waals surface area contributed by atoms with E-state index in [1.165, 1.54) is 12.1 Å². The normalized spacial score (nSPS) is 10.3. The SMILES string of the molecule is Cc1cccc([N+](=O)[O-])c1-n1cc([N+](=O)[O-])c(C(=O)O)n1. The van der Waals surface area contributed by atoms with Crippen LogP contribution >= 0.6 is 0 Å². The molecule has 0 aliphatic heterocycles. The highest BCUT2D eigenvalue weighted by atomic mass is 16.6. The Morgan fingerprint density at radius 2 is 1.86 bits per heavy atom. The molecule has 21 heavy (non-hydrogen) atoms. The predicted molar refractivity (Wildman–Crippen MR) is 68.6 cm³/mol. The Hall–Kier alpha value is -3.30. The fraction of sp³-hybridized carbons (Fsp3) is 0.0909.